The third kappa shape index (κ3) is 5.96. The second-order valence-electron chi connectivity index (χ2n) is 7.40. The molecule has 0 saturated carbocycles. The molecule has 2 aliphatic rings. The minimum atomic E-state index is -4.01. The number of amides is 2. The van der Waals surface area contributed by atoms with E-state index in [4.69, 9.17) is 14.2 Å². The van der Waals surface area contributed by atoms with Gasteiger partial charge in [-0.15, -0.1) is 5.92 Å². The fraction of sp³-hybridized carbons (Fsp3) is 0.545. The van der Waals surface area contributed by atoms with E-state index in [2.05, 4.69) is 11.8 Å². The van der Waals surface area contributed by atoms with Crippen LogP contribution in [-0.2, 0) is 24.3 Å². The maximum atomic E-state index is 13.4. The molecule has 2 saturated heterocycles. The number of carbonyl (C=O) groups excluding carboxylic acids is 2. The van der Waals surface area contributed by atoms with Crippen molar-refractivity contribution in [3.8, 4) is 17.6 Å². The van der Waals surface area contributed by atoms with Crippen LogP contribution in [0.1, 0.15) is 13.8 Å². The second-order valence-corrected chi connectivity index (χ2v) is 9.29. The zero-order valence-corrected chi connectivity index (χ0v) is 19.7. The molecule has 0 bridgehead atoms. The van der Waals surface area contributed by atoms with Gasteiger partial charge in [-0.25, -0.2) is 13.2 Å². The van der Waals surface area contributed by atoms with E-state index in [1.54, 1.807) is 30.9 Å². The second kappa shape index (κ2) is 11.4. The molecule has 2 amide bonds. The van der Waals surface area contributed by atoms with Gasteiger partial charge in [0.25, 0.3) is 0 Å². The van der Waals surface area contributed by atoms with Crippen molar-refractivity contribution in [2.75, 3.05) is 59.2 Å². The number of morpholine rings is 1. The largest absolute Gasteiger partial charge is 0.481 e. The van der Waals surface area contributed by atoms with E-state index in [1.165, 1.54) is 17.0 Å². The average Bonchev–Trinajstić information content (AvgIpc) is 2.84. The molecule has 1 aromatic rings. The van der Waals surface area contributed by atoms with E-state index in [9.17, 15) is 18.0 Å². The zero-order chi connectivity index (χ0) is 23.8. The molecular weight excluding hydrogens is 450 g/mol. The summed E-state index contributed by atoms with van der Waals surface area (Å²) < 4.78 is 43.7. The van der Waals surface area contributed by atoms with Crippen molar-refractivity contribution in [1.82, 2.24) is 14.1 Å². The highest BCUT2D eigenvalue weighted by atomic mass is 32.2. The molecule has 0 aliphatic carbocycles. The molecule has 10 nitrogen and oxygen atoms in total. The topological polar surface area (TPSA) is 106 Å². The van der Waals surface area contributed by atoms with E-state index in [1.807, 2.05) is 0 Å². The van der Waals surface area contributed by atoms with Crippen LogP contribution in [0.3, 0.4) is 0 Å². The van der Waals surface area contributed by atoms with Gasteiger partial charge in [-0.2, -0.15) is 4.31 Å². The van der Waals surface area contributed by atoms with E-state index < -0.39 is 22.0 Å². The number of nitrogens with zero attached hydrogens (tertiary/aromatic N) is 3. The zero-order valence-electron chi connectivity index (χ0n) is 18.9. The molecule has 0 N–H and O–H groups in total. The van der Waals surface area contributed by atoms with Crippen LogP contribution in [0, 0.1) is 11.8 Å². The van der Waals surface area contributed by atoms with Crippen LogP contribution < -0.4 is 4.74 Å². The van der Waals surface area contributed by atoms with Gasteiger partial charge in [0.1, 0.15) is 18.4 Å². The fourth-order valence-corrected chi connectivity index (χ4v) is 5.21. The van der Waals surface area contributed by atoms with Crippen molar-refractivity contribution in [3.05, 3.63) is 24.3 Å². The number of benzene rings is 1. The van der Waals surface area contributed by atoms with E-state index >= 15 is 0 Å². The highest BCUT2D eigenvalue weighted by Crippen LogP contribution is 2.25. The summed E-state index contributed by atoms with van der Waals surface area (Å²) >= 11 is 0. The Morgan fingerprint density at radius 3 is 2.42 bits per heavy atom. The van der Waals surface area contributed by atoms with Gasteiger partial charge in [-0.3, -0.25) is 4.79 Å². The molecule has 2 heterocycles. The molecule has 0 radical (unpaired) electrons. The summed E-state index contributed by atoms with van der Waals surface area (Å²) in [5, 5.41) is 0. The Kier molecular flexibility index (Phi) is 8.55. The molecule has 180 valence electrons. The molecular formula is C22H29N3O7S. The highest BCUT2D eigenvalue weighted by molar-refractivity contribution is 7.89. The first-order valence-corrected chi connectivity index (χ1v) is 12.2. The van der Waals surface area contributed by atoms with Crippen molar-refractivity contribution in [2.24, 2.45) is 0 Å². The summed E-state index contributed by atoms with van der Waals surface area (Å²) in [6.07, 6.45) is 0. The predicted molar refractivity (Wildman–Crippen MR) is 119 cm³/mol. The average molecular weight is 480 g/mol. The molecule has 2 fully saturated rings. The van der Waals surface area contributed by atoms with E-state index in [0.29, 0.717) is 32.1 Å². The number of rotatable bonds is 6. The first-order chi connectivity index (χ1) is 15.9. The SMILES string of the molecule is CC#CCOc1ccc(S(=O)(=O)N2CCN(C(=O)N3CCOCC3)CC2C(=O)OCC)cc1. The molecule has 1 atom stereocenters. The molecule has 1 aromatic carbocycles. The van der Waals surface area contributed by atoms with Crippen LogP contribution in [0.5, 0.6) is 5.75 Å². The number of carbonyl (C=O) groups is 2. The highest BCUT2D eigenvalue weighted by Gasteiger charge is 2.43. The van der Waals surface area contributed by atoms with E-state index in [-0.39, 0.29) is 43.8 Å². The molecule has 0 spiro atoms. The van der Waals surface area contributed by atoms with Crippen LogP contribution in [0.15, 0.2) is 29.2 Å². The number of piperazine rings is 1. The Hall–Kier alpha value is -2.81. The molecule has 3 rings (SSSR count). The Morgan fingerprint density at radius 1 is 1.09 bits per heavy atom. The summed E-state index contributed by atoms with van der Waals surface area (Å²) in [5.74, 6) is 5.29. The maximum Gasteiger partial charge on any atom is 0.326 e. The van der Waals surface area contributed by atoms with Gasteiger partial charge in [-0.05, 0) is 38.1 Å². The number of hydrogen-bond acceptors (Lipinski definition) is 7. The van der Waals surface area contributed by atoms with Crippen LogP contribution in [-0.4, -0.2) is 99.7 Å². The smallest absolute Gasteiger partial charge is 0.326 e. The Morgan fingerprint density at radius 2 is 1.79 bits per heavy atom. The van der Waals surface area contributed by atoms with Gasteiger partial charge in [0.05, 0.1) is 24.7 Å². The number of urea groups is 1. The predicted octanol–water partition coefficient (Wildman–Crippen LogP) is 0.779. The lowest BCUT2D eigenvalue weighted by Gasteiger charge is -2.41. The Labute approximate surface area is 194 Å². The lowest BCUT2D eigenvalue weighted by atomic mass is 10.2. The van der Waals surface area contributed by atoms with Crippen molar-refractivity contribution < 1.29 is 32.2 Å². The maximum absolute atomic E-state index is 13.4. The third-order valence-corrected chi connectivity index (χ3v) is 7.28. The number of hydrogen-bond donors (Lipinski definition) is 0. The van der Waals surface area contributed by atoms with Crippen molar-refractivity contribution in [1.29, 1.82) is 0 Å². The molecule has 11 heteroatoms. The fourth-order valence-electron chi connectivity index (χ4n) is 3.65. The lowest BCUT2D eigenvalue weighted by Crippen LogP contribution is -2.61. The van der Waals surface area contributed by atoms with Crippen LogP contribution in [0.4, 0.5) is 4.79 Å². The molecule has 2 aliphatic heterocycles. The van der Waals surface area contributed by atoms with Crippen molar-refractivity contribution >= 4 is 22.0 Å². The summed E-state index contributed by atoms with van der Waals surface area (Å²) in [6, 6.07) is 4.57. The quantitative estimate of drug-likeness (QED) is 0.439. The van der Waals surface area contributed by atoms with Crippen molar-refractivity contribution in [3.63, 3.8) is 0 Å². The van der Waals surface area contributed by atoms with Crippen LogP contribution in [0.2, 0.25) is 0 Å². The Bertz CT molecular complexity index is 995. The summed E-state index contributed by atoms with van der Waals surface area (Å²) in [7, 11) is -4.01. The summed E-state index contributed by atoms with van der Waals surface area (Å²) in [6.45, 7) is 5.54. The lowest BCUT2D eigenvalue weighted by molar-refractivity contribution is -0.149. The van der Waals surface area contributed by atoms with Crippen LogP contribution >= 0.6 is 0 Å². The van der Waals surface area contributed by atoms with Crippen molar-refractivity contribution in [2.45, 2.75) is 24.8 Å². The van der Waals surface area contributed by atoms with Gasteiger partial charge in [0.15, 0.2) is 0 Å². The van der Waals surface area contributed by atoms with Gasteiger partial charge in [0.2, 0.25) is 10.0 Å². The first kappa shape index (κ1) is 24.8. The normalized spacial score (nSPS) is 19.4. The summed E-state index contributed by atoms with van der Waals surface area (Å²) in [4.78, 5) is 28.8. The monoisotopic (exact) mass is 479 g/mol. The van der Waals surface area contributed by atoms with Gasteiger partial charge < -0.3 is 24.0 Å². The third-order valence-electron chi connectivity index (χ3n) is 5.36. The minimum Gasteiger partial charge on any atom is -0.481 e. The van der Waals surface area contributed by atoms with Gasteiger partial charge in [-0.1, -0.05) is 5.92 Å². The standard InChI is InChI=1S/C22H29N3O7S/c1-3-5-14-32-18-6-8-19(9-7-18)33(28,29)25-11-10-24(17-20(25)21(26)31-4-2)22(27)23-12-15-30-16-13-23/h6-9,20H,4,10-17H2,1-2H3. The molecule has 1 unspecified atom stereocenters. The number of esters is 1. The molecule has 0 aromatic heterocycles. The summed E-state index contributed by atoms with van der Waals surface area (Å²) in [5.41, 5.74) is 0. The minimum absolute atomic E-state index is 0.0216. The first-order valence-electron chi connectivity index (χ1n) is 10.8. The number of ether oxygens (including phenoxy) is 3. The van der Waals surface area contributed by atoms with Gasteiger partial charge in [0, 0.05) is 32.7 Å². The van der Waals surface area contributed by atoms with Gasteiger partial charge >= 0.3 is 12.0 Å². The molecule has 33 heavy (non-hydrogen) atoms. The van der Waals surface area contributed by atoms with Crippen LogP contribution in [0.25, 0.3) is 0 Å². The Balaban J connectivity index is 1.78. The number of sulfonamides is 1. The van der Waals surface area contributed by atoms with E-state index in [0.717, 1.165) is 4.31 Å².